The van der Waals surface area contributed by atoms with E-state index in [1.54, 1.807) is 0 Å². The average Bonchev–Trinajstić information content (AvgIpc) is 3.00. The van der Waals surface area contributed by atoms with Crippen molar-refractivity contribution in [1.29, 1.82) is 0 Å². The molecule has 0 saturated heterocycles. The molecule has 1 nitrogen and oxygen atoms in total. The third kappa shape index (κ3) is 3.07. The van der Waals surface area contributed by atoms with Crippen molar-refractivity contribution < 1.29 is 4.79 Å². The van der Waals surface area contributed by atoms with Crippen LogP contribution in [-0.2, 0) is 4.79 Å². The zero-order chi connectivity index (χ0) is 20.1. The Balaban J connectivity index is 1.54. The van der Waals surface area contributed by atoms with E-state index in [4.69, 9.17) is 0 Å². The quantitative estimate of drug-likeness (QED) is 0.460. The number of hydrogen-bond donors (Lipinski definition) is 0. The topological polar surface area (TPSA) is 17.1 Å². The van der Waals surface area contributed by atoms with E-state index in [9.17, 15) is 4.79 Å². The van der Waals surface area contributed by atoms with Crippen LogP contribution in [0.25, 0.3) is 0 Å². The van der Waals surface area contributed by atoms with E-state index in [-0.39, 0.29) is 5.41 Å². The molecule has 0 heterocycles. The Bertz CT molecular complexity index is 680. The largest absolute Gasteiger partial charge is 0.299 e. The van der Waals surface area contributed by atoms with E-state index in [2.05, 4.69) is 46.8 Å². The molecule has 1 heteroatoms. The summed E-state index contributed by atoms with van der Waals surface area (Å²) >= 11 is 0. The molecule has 0 bridgehead atoms. The van der Waals surface area contributed by atoms with Gasteiger partial charge in [-0.05, 0) is 114 Å². The van der Waals surface area contributed by atoms with E-state index >= 15 is 0 Å². The van der Waals surface area contributed by atoms with Crippen molar-refractivity contribution in [3.8, 4) is 0 Å². The highest BCUT2D eigenvalue weighted by Crippen LogP contribution is 2.66. The van der Waals surface area contributed by atoms with Crippen molar-refractivity contribution >= 4 is 5.78 Å². The predicted molar refractivity (Wildman–Crippen MR) is 118 cm³/mol. The third-order valence-electron chi connectivity index (χ3n) is 9.85. The highest BCUT2D eigenvalue weighted by atomic mass is 16.1. The molecular formula is C27H42O. The van der Waals surface area contributed by atoms with Crippen LogP contribution in [0.1, 0.15) is 98.8 Å². The van der Waals surface area contributed by atoms with Gasteiger partial charge in [-0.15, -0.1) is 0 Å². The summed E-state index contributed by atoms with van der Waals surface area (Å²) in [7, 11) is 0. The van der Waals surface area contributed by atoms with Crippen LogP contribution < -0.4 is 0 Å². The highest BCUT2D eigenvalue weighted by Gasteiger charge is 2.60. The van der Waals surface area contributed by atoms with E-state index < -0.39 is 0 Å². The summed E-state index contributed by atoms with van der Waals surface area (Å²) in [6.45, 7) is 11.9. The van der Waals surface area contributed by atoms with Crippen LogP contribution in [0, 0.1) is 40.4 Å². The first kappa shape index (κ1) is 20.4. The van der Waals surface area contributed by atoms with E-state index in [0.29, 0.717) is 17.1 Å². The number of Topliss-reactive ketones (excluding diaryl/α,β-unsaturated/α-hetero) is 1. The van der Waals surface area contributed by atoms with Crippen LogP contribution in [0.4, 0.5) is 0 Å². The maximum Gasteiger partial charge on any atom is 0.143 e. The summed E-state index contributed by atoms with van der Waals surface area (Å²) in [4.78, 5) is 13.1. The van der Waals surface area contributed by atoms with Crippen molar-refractivity contribution in [3.63, 3.8) is 0 Å². The van der Waals surface area contributed by atoms with Gasteiger partial charge < -0.3 is 0 Å². The molecule has 4 aliphatic rings. The minimum atomic E-state index is -0.115. The van der Waals surface area contributed by atoms with Gasteiger partial charge in [-0.3, -0.25) is 4.79 Å². The third-order valence-corrected chi connectivity index (χ3v) is 9.85. The number of hydrogen-bond acceptors (Lipinski definition) is 1. The fraction of sp³-hybridized carbons (Fsp3) is 0.815. The van der Waals surface area contributed by atoms with Crippen LogP contribution in [0.2, 0.25) is 0 Å². The Labute approximate surface area is 173 Å². The first-order valence-electron chi connectivity index (χ1n) is 12.1. The lowest BCUT2D eigenvalue weighted by molar-refractivity contribution is -0.136. The van der Waals surface area contributed by atoms with Gasteiger partial charge in [0.15, 0.2) is 0 Å². The first-order chi connectivity index (χ1) is 13.3. The van der Waals surface area contributed by atoms with Gasteiger partial charge in [0.2, 0.25) is 0 Å². The molecule has 0 aromatic carbocycles. The lowest BCUT2D eigenvalue weighted by Crippen LogP contribution is -2.52. The van der Waals surface area contributed by atoms with E-state index in [0.717, 1.165) is 36.5 Å². The van der Waals surface area contributed by atoms with Crippen LogP contribution >= 0.6 is 0 Å². The number of carbonyl (C=O) groups is 1. The zero-order valence-corrected chi connectivity index (χ0v) is 19.0. The molecular weight excluding hydrogens is 340 g/mol. The molecule has 0 amide bonds. The van der Waals surface area contributed by atoms with Gasteiger partial charge in [0.1, 0.15) is 5.78 Å². The number of carbonyl (C=O) groups excluding carboxylic acids is 1. The van der Waals surface area contributed by atoms with E-state index in [1.807, 2.05) is 0 Å². The van der Waals surface area contributed by atoms with Gasteiger partial charge in [-0.2, -0.15) is 0 Å². The molecule has 3 saturated carbocycles. The standard InChI is InChI=1S/C27H42O/c1-18(2)8-6-9-19(3)22-14-15-23-21-13-12-20-10-7-11-25(28)27(20,5)24(21)16-17-26(22,23)4/h8,12,19,21-24H,6-7,9-11,13-17H2,1-5H3/t19-,21+,22-,23+,24+,26-,27+/m1/s1. The summed E-state index contributed by atoms with van der Waals surface area (Å²) in [6.07, 6.45) is 17.3. The second-order valence-electron chi connectivity index (χ2n) is 11.4. The van der Waals surface area contributed by atoms with Crippen molar-refractivity contribution in [2.45, 2.75) is 98.8 Å². The van der Waals surface area contributed by atoms with Gasteiger partial charge in [0.05, 0.1) is 5.41 Å². The number of fused-ring (bicyclic) bond motifs is 5. The van der Waals surface area contributed by atoms with Crippen LogP contribution in [-0.4, -0.2) is 5.78 Å². The maximum absolute atomic E-state index is 13.1. The lowest BCUT2D eigenvalue weighted by atomic mass is 9.47. The molecule has 4 aliphatic carbocycles. The molecule has 0 radical (unpaired) electrons. The zero-order valence-electron chi connectivity index (χ0n) is 19.0. The van der Waals surface area contributed by atoms with Gasteiger partial charge in [-0.25, -0.2) is 0 Å². The van der Waals surface area contributed by atoms with Gasteiger partial charge in [-0.1, -0.05) is 37.1 Å². The van der Waals surface area contributed by atoms with E-state index in [1.165, 1.54) is 62.5 Å². The second-order valence-corrected chi connectivity index (χ2v) is 11.4. The molecule has 28 heavy (non-hydrogen) atoms. The molecule has 0 N–H and O–H groups in total. The summed E-state index contributed by atoms with van der Waals surface area (Å²) in [5, 5.41) is 0. The molecule has 156 valence electrons. The van der Waals surface area contributed by atoms with Crippen molar-refractivity contribution in [2.24, 2.45) is 40.4 Å². The highest BCUT2D eigenvalue weighted by molar-refractivity contribution is 5.89. The summed E-state index contributed by atoms with van der Waals surface area (Å²) in [5.74, 6) is 4.48. The Morgan fingerprint density at radius 1 is 1.18 bits per heavy atom. The van der Waals surface area contributed by atoms with Crippen LogP contribution in [0.15, 0.2) is 23.3 Å². The molecule has 4 rings (SSSR count). The Kier molecular flexibility index (Phi) is 5.43. The molecule has 7 atom stereocenters. The smallest absolute Gasteiger partial charge is 0.143 e. The molecule has 0 unspecified atom stereocenters. The Morgan fingerprint density at radius 2 is 1.96 bits per heavy atom. The normalized spacial score (nSPS) is 43.5. The number of rotatable bonds is 4. The summed E-state index contributed by atoms with van der Waals surface area (Å²) < 4.78 is 0. The molecule has 0 aliphatic heterocycles. The minimum absolute atomic E-state index is 0.115. The fourth-order valence-electron chi connectivity index (χ4n) is 8.32. The molecule has 3 fully saturated rings. The Hall–Kier alpha value is -0.850. The van der Waals surface area contributed by atoms with Gasteiger partial charge >= 0.3 is 0 Å². The molecule has 0 aromatic rings. The van der Waals surface area contributed by atoms with Crippen LogP contribution in [0.3, 0.4) is 0 Å². The number of ketones is 1. The first-order valence-corrected chi connectivity index (χ1v) is 12.1. The summed E-state index contributed by atoms with van der Waals surface area (Å²) in [5.41, 5.74) is 3.36. The second kappa shape index (κ2) is 7.44. The van der Waals surface area contributed by atoms with Crippen molar-refractivity contribution in [2.75, 3.05) is 0 Å². The van der Waals surface area contributed by atoms with Crippen molar-refractivity contribution in [3.05, 3.63) is 23.3 Å². The monoisotopic (exact) mass is 382 g/mol. The fourth-order valence-corrected chi connectivity index (χ4v) is 8.32. The minimum Gasteiger partial charge on any atom is -0.299 e. The SMILES string of the molecule is CC(C)=CCC[C@@H](C)[C@H]1CC[C@H]2[C@@H]3CC=C4CCCC(=O)[C@]4(C)[C@H]3CC[C@]12C. The number of allylic oxidation sites excluding steroid dienone is 4. The predicted octanol–water partition coefficient (Wildman–Crippen LogP) is 7.52. The molecule has 0 aromatic heterocycles. The van der Waals surface area contributed by atoms with Gasteiger partial charge in [0.25, 0.3) is 0 Å². The lowest BCUT2D eigenvalue weighted by Gasteiger charge is -2.57. The maximum atomic E-state index is 13.1. The van der Waals surface area contributed by atoms with Crippen LogP contribution in [0.5, 0.6) is 0 Å². The molecule has 0 spiro atoms. The van der Waals surface area contributed by atoms with Crippen molar-refractivity contribution in [1.82, 2.24) is 0 Å². The Morgan fingerprint density at radius 3 is 2.71 bits per heavy atom. The van der Waals surface area contributed by atoms with Gasteiger partial charge in [0, 0.05) is 6.42 Å². The average molecular weight is 383 g/mol. The summed E-state index contributed by atoms with van der Waals surface area (Å²) in [6, 6.07) is 0.